The molecule has 0 bridgehead atoms. The smallest absolute Gasteiger partial charge is 0.321 e. The first-order valence-electron chi connectivity index (χ1n) is 9.10. The molecule has 1 aliphatic rings. The highest BCUT2D eigenvalue weighted by Gasteiger charge is 2.26. The number of nitrogens with one attached hydrogen (secondary N) is 1. The fraction of sp³-hybridized carbons (Fsp3) is 0.300. The molecule has 2 aromatic carbocycles. The number of aromatic nitrogens is 4. The lowest BCUT2D eigenvalue weighted by molar-refractivity contribution is 0.197. The van der Waals surface area contributed by atoms with Crippen molar-refractivity contribution < 1.29 is 4.79 Å². The van der Waals surface area contributed by atoms with Crippen LogP contribution in [0.2, 0.25) is 0 Å². The molecule has 1 N–H and O–H groups in total. The molecule has 3 aromatic rings. The number of carbonyl (C=O) groups excluding carboxylic acids is 1. The molecule has 2 amide bonds. The normalized spacial score (nSPS) is 15.9. The maximum absolute atomic E-state index is 12.8. The standard InChI is InChI=1S/C20H22N6O/c1-14-22-23-24-26(14)17-12-10-16(11-13-17)21-20(27)25(2)19-9-5-7-15-6-3-4-8-18(15)19/h3-4,6,8,10-13,19H,5,7,9H2,1-2H3,(H,21,27)/t19-/m0/s1. The quantitative estimate of drug-likeness (QED) is 0.773. The van der Waals surface area contributed by atoms with E-state index in [1.807, 2.05) is 44.3 Å². The SMILES string of the molecule is Cc1nnnn1-c1ccc(NC(=O)N(C)[C@H]2CCCc3ccccc32)cc1. The number of hydrogen-bond donors (Lipinski definition) is 1. The highest BCUT2D eigenvalue weighted by molar-refractivity contribution is 5.89. The Morgan fingerprint density at radius 1 is 1.19 bits per heavy atom. The Balaban J connectivity index is 1.47. The highest BCUT2D eigenvalue weighted by Crippen LogP contribution is 2.33. The number of amides is 2. The first-order valence-corrected chi connectivity index (χ1v) is 9.10. The summed E-state index contributed by atoms with van der Waals surface area (Å²) in [6.45, 7) is 1.84. The van der Waals surface area contributed by atoms with Crippen molar-refractivity contribution in [3.8, 4) is 5.69 Å². The van der Waals surface area contributed by atoms with Crippen molar-refractivity contribution in [1.29, 1.82) is 0 Å². The molecule has 0 radical (unpaired) electrons. The third kappa shape index (κ3) is 3.40. The molecular weight excluding hydrogens is 340 g/mol. The first-order chi connectivity index (χ1) is 13.1. The summed E-state index contributed by atoms with van der Waals surface area (Å²) in [6, 6.07) is 15.9. The van der Waals surface area contributed by atoms with Crippen molar-refractivity contribution in [3.05, 3.63) is 65.5 Å². The summed E-state index contributed by atoms with van der Waals surface area (Å²) in [5.74, 6) is 0.711. The van der Waals surface area contributed by atoms with Gasteiger partial charge in [-0.15, -0.1) is 5.10 Å². The number of tetrazole rings is 1. The number of fused-ring (bicyclic) bond motifs is 1. The summed E-state index contributed by atoms with van der Waals surface area (Å²) < 4.78 is 1.65. The van der Waals surface area contributed by atoms with E-state index in [2.05, 4.69) is 39.0 Å². The second kappa shape index (κ2) is 7.19. The van der Waals surface area contributed by atoms with E-state index in [4.69, 9.17) is 0 Å². The molecule has 1 heterocycles. The Bertz CT molecular complexity index is 949. The summed E-state index contributed by atoms with van der Waals surface area (Å²) in [5, 5.41) is 14.5. The van der Waals surface area contributed by atoms with Gasteiger partial charge in [-0.05, 0) is 72.0 Å². The number of anilines is 1. The molecule has 0 aliphatic heterocycles. The molecule has 0 saturated heterocycles. The fourth-order valence-electron chi connectivity index (χ4n) is 3.64. The molecule has 7 heteroatoms. The van der Waals surface area contributed by atoms with Crippen LogP contribution < -0.4 is 5.32 Å². The number of rotatable bonds is 3. The van der Waals surface area contributed by atoms with Crippen LogP contribution in [0.1, 0.15) is 35.8 Å². The third-order valence-electron chi connectivity index (χ3n) is 5.11. The number of aryl methyl sites for hydroxylation is 2. The van der Waals surface area contributed by atoms with Crippen LogP contribution >= 0.6 is 0 Å². The molecule has 0 unspecified atom stereocenters. The minimum absolute atomic E-state index is 0.108. The number of benzene rings is 2. The lowest BCUT2D eigenvalue weighted by Crippen LogP contribution is -2.36. The molecule has 1 atom stereocenters. The zero-order chi connectivity index (χ0) is 18.8. The molecule has 1 aromatic heterocycles. The van der Waals surface area contributed by atoms with E-state index in [-0.39, 0.29) is 12.1 Å². The van der Waals surface area contributed by atoms with Gasteiger partial charge in [0.1, 0.15) is 0 Å². The van der Waals surface area contributed by atoms with Gasteiger partial charge in [-0.2, -0.15) is 4.68 Å². The summed E-state index contributed by atoms with van der Waals surface area (Å²) in [7, 11) is 1.86. The first kappa shape index (κ1) is 17.2. The molecule has 27 heavy (non-hydrogen) atoms. The molecular formula is C20H22N6O. The number of hydrogen-bond acceptors (Lipinski definition) is 4. The monoisotopic (exact) mass is 362 g/mol. The zero-order valence-corrected chi connectivity index (χ0v) is 15.5. The summed E-state index contributed by atoms with van der Waals surface area (Å²) in [6.07, 6.45) is 3.16. The average molecular weight is 362 g/mol. The van der Waals surface area contributed by atoms with Crippen LogP contribution in [-0.4, -0.2) is 38.2 Å². The van der Waals surface area contributed by atoms with Crippen molar-refractivity contribution in [2.24, 2.45) is 0 Å². The summed E-state index contributed by atoms with van der Waals surface area (Å²) in [5.41, 5.74) is 4.19. The second-order valence-corrected chi connectivity index (χ2v) is 6.83. The predicted octanol–water partition coefficient (Wildman–Crippen LogP) is 3.51. The van der Waals surface area contributed by atoms with Crippen molar-refractivity contribution >= 4 is 11.7 Å². The van der Waals surface area contributed by atoms with Crippen LogP contribution in [0, 0.1) is 6.92 Å². The van der Waals surface area contributed by atoms with E-state index in [1.165, 1.54) is 11.1 Å². The Hall–Kier alpha value is -3.22. The molecule has 7 nitrogen and oxygen atoms in total. The number of nitrogens with zero attached hydrogens (tertiary/aromatic N) is 5. The minimum Gasteiger partial charge on any atom is -0.321 e. The van der Waals surface area contributed by atoms with Gasteiger partial charge in [0.05, 0.1) is 11.7 Å². The van der Waals surface area contributed by atoms with E-state index in [0.717, 1.165) is 30.6 Å². The van der Waals surface area contributed by atoms with Gasteiger partial charge in [0.15, 0.2) is 5.82 Å². The van der Waals surface area contributed by atoms with Gasteiger partial charge in [0, 0.05) is 12.7 Å². The van der Waals surface area contributed by atoms with Gasteiger partial charge < -0.3 is 10.2 Å². The van der Waals surface area contributed by atoms with E-state index in [1.54, 1.807) is 9.58 Å². The number of carbonyl (C=O) groups is 1. The van der Waals surface area contributed by atoms with Crippen LogP contribution in [0.5, 0.6) is 0 Å². The van der Waals surface area contributed by atoms with Crippen LogP contribution in [0.4, 0.5) is 10.5 Å². The Kier molecular flexibility index (Phi) is 4.58. The fourth-order valence-corrected chi connectivity index (χ4v) is 3.64. The molecule has 1 aliphatic carbocycles. The van der Waals surface area contributed by atoms with Crippen LogP contribution in [-0.2, 0) is 6.42 Å². The minimum atomic E-state index is -0.108. The van der Waals surface area contributed by atoms with Crippen molar-refractivity contribution in [2.75, 3.05) is 12.4 Å². The number of urea groups is 1. The predicted molar refractivity (Wildman–Crippen MR) is 103 cm³/mol. The van der Waals surface area contributed by atoms with Crippen molar-refractivity contribution in [3.63, 3.8) is 0 Å². The lowest BCUT2D eigenvalue weighted by atomic mass is 9.87. The molecule has 138 valence electrons. The molecule has 0 fully saturated rings. The van der Waals surface area contributed by atoms with E-state index in [9.17, 15) is 4.79 Å². The lowest BCUT2D eigenvalue weighted by Gasteiger charge is -2.33. The van der Waals surface area contributed by atoms with Crippen molar-refractivity contribution in [1.82, 2.24) is 25.1 Å². The van der Waals surface area contributed by atoms with Gasteiger partial charge in [-0.1, -0.05) is 24.3 Å². The van der Waals surface area contributed by atoms with Crippen LogP contribution in [0.15, 0.2) is 48.5 Å². The van der Waals surface area contributed by atoms with E-state index >= 15 is 0 Å². The van der Waals surface area contributed by atoms with E-state index in [0.29, 0.717) is 5.82 Å². The van der Waals surface area contributed by atoms with Gasteiger partial charge in [0.2, 0.25) is 0 Å². The van der Waals surface area contributed by atoms with Gasteiger partial charge >= 0.3 is 6.03 Å². The van der Waals surface area contributed by atoms with Crippen LogP contribution in [0.25, 0.3) is 5.69 Å². The van der Waals surface area contributed by atoms with Gasteiger partial charge in [-0.3, -0.25) is 0 Å². The maximum atomic E-state index is 12.8. The summed E-state index contributed by atoms with van der Waals surface area (Å²) in [4.78, 5) is 14.6. The topological polar surface area (TPSA) is 75.9 Å². The average Bonchev–Trinajstić information content (AvgIpc) is 3.13. The largest absolute Gasteiger partial charge is 0.322 e. The molecule has 0 spiro atoms. The maximum Gasteiger partial charge on any atom is 0.322 e. The Morgan fingerprint density at radius 3 is 2.70 bits per heavy atom. The van der Waals surface area contributed by atoms with Gasteiger partial charge in [0.25, 0.3) is 0 Å². The zero-order valence-electron chi connectivity index (χ0n) is 15.5. The Labute approximate surface area is 158 Å². The summed E-state index contributed by atoms with van der Waals surface area (Å²) >= 11 is 0. The molecule has 4 rings (SSSR count). The third-order valence-corrected chi connectivity index (χ3v) is 5.11. The second-order valence-electron chi connectivity index (χ2n) is 6.83. The van der Waals surface area contributed by atoms with Crippen molar-refractivity contribution in [2.45, 2.75) is 32.2 Å². The highest BCUT2D eigenvalue weighted by atomic mass is 16.2. The van der Waals surface area contributed by atoms with Crippen LogP contribution in [0.3, 0.4) is 0 Å². The van der Waals surface area contributed by atoms with Gasteiger partial charge in [-0.25, -0.2) is 4.79 Å². The van der Waals surface area contributed by atoms with E-state index < -0.39 is 0 Å². The molecule has 0 saturated carbocycles. The Morgan fingerprint density at radius 2 is 1.96 bits per heavy atom.